The molecule has 3 N–H and O–H groups in total. The van der Waals surface area contributed by atoms with Gasteiger partial charge in [-0.3, -0.25) is 0 Å². The van der Waals surface area contributed by atoms with Crippen LogP contribution in [0.3, 0.4) is 0 Å². The molecule has 0 amide bonds. The average molecular weight is 539 g/mol. The van der Waals surface area contributed by atoms with E-state index >= 15 is 0 Å². The zero-order valence-electron chi connectivity index (χ0n) is 18.6. The molecule has 0 spiro atoms. The number of anilines is 2. The van der Waals surface area contributed by atoms with E-state index in [1.54, 1.807) is 0 Å². The summed E-state index contributed by atoms with van der Waals surface area (Å²) in [7, 11) is 0. The predicted octanol–water partition coefficient (Wildman–Crippen LogP) is 4.66. The summed E-state index contributed by atoms with van der Waals surface area (Å²) in [6.45, 7) is 9.97. The SMILES string of the molecule is CCOc1ccc(OCC)c(NC(N)=NCc2ccc(N3CCC(C)CC3)nc2)c1.I. The first-order valence-electron chi connectivity index (χ1n) is 10.8. The van der Waals surface area contributed by atoms with E-state index in [4.69, 9.17) is 15.2 Å². The molecule has 0 saturated carbocycles. The third kappa shape index (κ3) is 7.45. The lowest BCUT2D eigenvalue weighted by atomic mass is 9.99. The highest BCUT2D eigenvalue weighted by molar-refractivity contribution is 14.0. The zero-order chi connectivity index (χ0) is 21.3. The van der Waals surface area contributed by atoms with Gasteiger partial charge in [-0.2, -0.15) is 0 Å². The van der Waals surface area contributed by atoms with Crippen LogP contribution in [0.15, 0.2) is 41.5 Å². The fourth-order valence-corrected chi connectivity index (χ4v) is 3.43. The number of halogens is 1. The molecule has 1 aromatic heterocycles. The van der Waals surface area contributed by atoms with Crippen molar-refractivity contribution in [3.63, 3.8) is 0 Å². The summed E-state index contributed by atoms with van der Waals surface area (Å²) in [5, 5.41) is 3.13. The molecule has 0 atom stereocenters. The van der Waals surface area contributed by atoms with Crippen molar-refractivity contribution in [2.45, 2.75) is 40.2 Å². The summed E-state index contributed by atoms with van der Waals surface area (Å²) in [6.07, 6.45) is 4.33. The number of ether oxygens (including phenoxy) is 2. The predicted molar refractivity (Wildman–Crippen MR) is 138 cm³/mol. The van der Waals surface area contributed by atoms with Gasteiger partial charge in [0, 0.05) is 25.4 Å². The second-order valence-electron chi connectivity index (χ2n) is 7.54. The Labute approximate surface area is 202 Å². The molecule has 1 fully saturated rings. The van der Waals surface area contributed by atoms with Crippen LogP contribution in [0.4, 0.5) is 11.5 Å². The van der Waals surface area contributed by atoms with Crippen LogP contribution in [0.25, 0.3) is 0 Å². The fourth-order valence-electron chi connectivity index (χ4n) is 3.43. The molecule has 31 heavy (non-hydrogen) atoms. The zero-order valence-corrected chi connectivity index (χ0v) is 21.0. The molecule has 1 aromatic carbocycles. The Kier molecular flexibility index (Phi) is 10.2. The Morgan fingerprint density at radius 2 is 1.90 bits per heavy atom. The maximum atomic E-state index is 6.12. The number of piperidine rings is 1. The number of benzene rings is 1. The van der Waals surface area contributed by atoms with Crippen molar-refractivity contribution in [3.8, 4) is 11.5 Å². The lowest BCUT2D eigenvalue weighted by Gasteiger charge is -2.31. The second kappa shape index (κ2) is 12.6. The normalized spacial score (nSPS) is 14.7. The van der Waals surface area contributed by atoms with Gasteiger partial charge in [0.2, 0.25) is 0 Å². The van der Waals surface area contributed by atoms with Gasteiger partial charge >= 0.3 is 0 Å². The number of rotatable bonds is 8. The van der Waals surface area contributed by atoms with Gasteiger partial charge in [0.15, 0.2) is 5.96 Å². The Morgan fingerprint density at radius 1 is 1.16 bits per heavy atom. The van der Waals surface area contributed by atoms with E-state index in [1.807, 2.05) is 38.2 Å². The highest BCUT2D eigenvalue weighted by Crippen LogP contribution is 2.29. The lowest BCUT2D eigenvalue weighted by molar-refractivity contribution is 0.332. The number of nitrogens with two attached hydrogens (primary N) is 1. The third-order valence-corrected chi connectivity index (χ3v) is 5.17. The first kappa shape index (κ1) is 25.0. The van der Waals surface area contributed by atoms with Crippen molar-refractivity contribution in [1.82, 2.24) is 4.98 Å². The average Bonchev–Trinajstić information content (AvgIpc) is 2.75. The Hall–Kier alpha value is -2.23. The maximum Gasteiger partial charge on any atom is 0.193 e. The largest absolute Gasteiger partial charge is 0.494 e. The first-order chi connectivity index (χ1) is 14.6. The van der Waals surface area contributed by atoms with E-state index in [2.05, 4.69) is 39.2 Å². The maximum absolute atomic E-state index is 6.12. The molecule has 3 rings (SSSR count). The Morgan fingerprint density at radius 3 is 2.55 bits per heavy atom. The van der Waals surface area contributed by atoms with Gasteiger partial charge in [0.05, 0.1) is 25.4 Å². The summed E-state index contributed by atoms with van der Waals surface area (Å²) >= 11 is 0. The van der Waals surface area contributed by atoms with Crippen molar-refractivity contribution in [2.24, 2.45) is 16.6 Å². The van der Waals surface area contributed by atoms with Gasteiger partial charge in [-0.1, -0.05) is 13.0 Å². The van der Waals surface area contributed by atoms with Gasteiger partial charge in [0.1, 0.15) is 17.3 Å². The molecule has 170 valence electrons. The van der Waals surface area contributed by atoms with E-state index in [0.29, 0.717) is 31.5 Å². The van der Waals surface area contributed by atoms with Crippen molar-refractivity contribution < 1.29 is 9.47 Å². The minimum atomic E-state index is 0. The second-order valence-corrected chi connectivity index (χ2v) is 7.54. The van der Waals surface area contributed by atoms with Gasteiger partial charge < -0.3 is 25.4 Å². The molecule has 1 aliphatic rings. The molecule has 0 bridgehead atoms. The van der Waals surface area contributed by atoms with E-state index in [0.717, 1.165) is 41.8 Å². The van der Waals surface area contributed by atoms with Crippen LogP contribution in [0, 0.1) is 5.92 Å². The molecule has 0 unspecified atom stereocenters. The molecule has 1 aliphatic heterocycles. The number of nitrogens with one attached hydrogen (secondary N) is 1. The molecule has 0 radical (unpaired) electrons. The number of pyridine rings is 1. The van der Waals surface area contributed by atoms with Crippen LogP contribution in [0.2, 0.25) is 0 Å². The number of nitrogens with zero attached hydrogens (tertiary/aromatic N) is 3. The summed E-state index contributed by atoms with van der Waals surface area (Å²) in [6, 6.07) is 9.76. The van der Waals surface area contributed by atoms with Gasteiger partial charge in [0.25, 0.3) is 0 Å². The van der Waals surface area contributed by atoms with Gasteiger partial charge in [-0.05, 0) is 56.4 Å². The fraction of sp³-hybridized carbons (Fsp3) is 0.478. The Balaban J connectivity index is 0.00000341. The minimum absolute atomic E-state index is 0. The lowest BCUT2D eigenvalue weighted by Crippen LogP contribution is -2.33. The summed E-state index contributed by atoms with van der Waals surface area (Å²) in [4.78, 5) is 11.4. The van der Waals surface area contributed by atoms with Gasteiger partial charge in [-0.25, -0.2) is 9.98 Å². The third-order valence-electron chi connectivity index (χ3n) is 5.17. The smallest absolute Gasteiger partial charge is 0.193 e. The molecule has 8 heteroatoms. The summed E-state index contributed by atoms with van der Waals surface area (Å²) < 4.78 is 11.2. The molecule has 7 nitrogen and oxygen atoms in total. The molecule has 1 saturated heterocycles. The monoisotopic (exact) mass is 539 g/mol. The molecule has 2 heterocycles. The van der Waals surface area contributed by atoms with Crippen LogP contribution in [-0.2, 0) is 6.54 Å². The Bertz CT molecular complexity index is 836. The quantitative estimate of drug-likeness (QED) is 0.289. The summed E-state index contributed by atoms with van der Waals surface area (Å²) in [5.74, 6) is 3.63. The number of aliphatic imine (C=N–C) groups is 1. The first-order valence-corrected chi connectivity index (χ1v) is 10.8. The molecule has 2 aromatic rings. The van der Waals surface area contributed by atoms with Crippen molar-refractivity contribution in [3.05, 3.63) is 42.1 Å². The van der Waals surface area contributed by atoms with Crippen LogP contribution < -0.4 is 25.4 Å². The van der Waals surface area contributed by atoms with E-state index in [9.17, 15) is 0 Å². The van der Waals surface area contributed by atoms with Crippen LogP contribution in [-0.4, -0.2) is 37.2 Å². The minimum Gasteiger partial charge on any atom is -0.494 e. The highest BCUT2D eigenvalue weighted by atomic mass is 127. The molecular formula is C23H34IN5O2. The summed E-state index contributed by atoms with van der Waals surface area (Å²) in [5.41, 5.74) is 7.87. The topological polar surface area (TPSA) is 85.0 Å². The molecule has 0 aliphatic carbocycles. The number of hydrogen-bond acceptors (Lipinski definition) is 5. The van der Waals surface area contributed by atoms with E-state index < -0.39 is 0 Å². The van der Waals surface area contributed by atoms with Crippen molar-refractivity contribution in [1.29, 1.82) is 0 Å². The van der Waals surface area contributed by atoms with Crippen LogP contribution in [0.1, 0.15) is 39.2 Å². The molecular weight excluding hydrogens is 505 g/mol. The number of guanidine groups is 1. The number of aromatic nitrogens is 1. The van der Waals surface area contributed by atoms with Crippen LogP contribution >= 0.6 is 24.0 Å². The highest BCUT2D eigenvalue weighted by Gasteiger charge is 2.16. The standard InChI is InChI=1S/C23H33N5O2.HI/c1-4-29-19-7-8-21(30-5-2)20(14-19)27-23(24)26-16-18-6-9-22(25-15-18)28-12-10-17(3)11-13-28;/h6-9,14-15,17H,4-5,10-13,16H2,1-3H3,(H3,24,26,27);1H. The van der Waals surface area contributed by atoms with E-state index in [-0.39, 0.29) is 24.0 Å². The van der Waals surface area contributed by atoms with Crippen LogP contribution in [0.5, 0.6) is 11.5 Å². The van der Waals surface area contributed by atoms with Crippen molar-refractivity contribution >= 4 is 41.4 Å². The van der Waals surface area contributed by atoms with Crippen molar-refractivity contribution in [2.75, 3.05) is 36.5 Å². The number of hydrogen-bond donors (Lipinski definition) is 2. The van der Waals surface area contributed by atoms with E-state index in [1.165, 1.54) is 12.8 Å². The van der Waals surface area contributed by atoms with Gasteiger partial charge in [-0.15, -0.1) is 24.0 Å².